The summed E-state index contributed by atoms with van der Waals surface area (Å²) in [6.45, 7) is 6.90. The molecule has 0 aliphatic carbocycles. The smallest absolute Gasteiger partial charge is 0.311 e. The number of amides is 22. The summed E-state index contributed by atoms with van der Waals surface area (Å²) in [7, 11) is 0. The molecule has 16 saturated heterocycles. The van der Waals surface area contributed by atoms with E-state index >= 15 is 0 Å². The van der Waals surface area contributed by atoms with E-state index < -0.39 is 120 Å². The Morgan fingerprint density at radius 2 is 0.396 bits per heavy atom. The number of carbonyl (C=O) groups excluding carboxylic acids is 15. The fourth-order valence-electron chi connectivity index (χ4n) is 20.1. The number of carbonyl (C=O) groups is 15. The normalized spacial score (nSPS) is 28.4. The first-order chi connectivity index (χ1) is 53.4. The van der Waals surface area contributed by atoms with Gasteiger partial charge in [-0.3, -0.25) is 43.4 Å². The Morgan fingerprint density at radius 1 is 0.189 bits per heavy atom. The maximum atomic E-state index is 15.0. The van der Waals surface area contributed by atoms with Gasteiger partial charge in [0.25, 0.3) is 47.3 Å². The lowest BCUT2D eigenvalue weighted by Crippen LogP contribution is -2.62. The van der Waals surface area contributed by atoms with Crippen molar-refractivity contribution in [3.63, 3.8) is 0 Å². The van der Waals surface area contributed by atoms with Crippen molar-refractivity contribution in [2.45, 2.75) is 202 Å². The first kappa shape index (κ1) is 77.2. The molecule has 2 N–H and O–H groups in total. The Bertz CT molecular complexity index is 3450. The van der Waals surface area contributed by atoms with Crippen LogP contribution in [0.4, 0.5) is 33.6 Å². The summed E-state index contributed by atoms with van der Waals surface area (Å²) in [5.41, 5.74) is 3.09. The molecule has 16 aliphatic heterocycles. The van der Waals surface area contributed by atoms with Crippen molar-refractivity contribution < 1.29 is 71.9 Å². The van der Waals surface area contributed by atoms with Gasteiger partial charge in [-0.15, -0.1) is 12.4 Å². The van der Waals surface area contributed by atoms with Crippen LogP contribution in [0.25, 0.3) is 0 Å². The Labute approximate surface area is 650 Å². The van der Waals surface area contributed by atoms with Crippen LogP contribution in [0, 0.1) is 0 Å². The lowest BCUT2D eigenvalue weighted by atomic mass is 10.2. The molecule has 16 aliphatic rings. The van der Waals surface area contributed by atoms with Gasteiger partial charge in [0.1, 0.15) is 42.3 Å². The first-order valence-corrected chi connectivity index (χ1v) is 40.9. The third kappa shape index (κ3) is 14.1. The molecular weight excluding hydrogens is 1460 g/mol. The minimum Gasteiger partial charge on any atom is -0.311 e. The number of hydrogen-bond acceptors (Lipinski definition) is 17. The van der Waals surface area contributed by atoms with Crippen molar-refractivity contribution in [3.05, 3.63) is 0 Å². The molecule has 16 fully saturated rings. The number of urea groups is 7. The Balaban J connectivity index is 0.00000977. The van der Waals surface area contributed by atoms with Gasteiger partial charge in [0, 0.05) is 151 Å². The molecule has 0 aromatic rings. The highest BCUT2D eigenvalue weighted by atomic mass is 35.5. The highest BCUT2D eigenvalue weighted by Crippen LogP contribution is 2.36. The summed E-state index contributed by atoms with van der Waals surface area (Å²) in [6.07, 6.45) is 11.8. The van der Waals surface area contributed by atoms with Gasteiger partial charge >= 0.3 is 42.2 Å². The van der Waals surface area contributed by atoms with Crippen LogP contribution >= 0.6 is 12.4 Å². The maximum Gasteiger partial charge on any atom is 0.339 e. The van der Waals surface area contributed by atoms with Gasteiger partial charge < -0.3 is 39.6 Å². The second-order valence-corrected chi connectivity index (χ2v) is 31.9. The Hall–Kier alpha value is -9.14. The van der Waals surface area contributed by atoms with E-state index in [9.17, 15) is 71.9 Å². The number of nitrogens with zero attached hydrogens (tertiary/aromatic N) is 22. The number of hydrazine groups is 8. The predicted octanol–water partition coefficient (Wildman–Crippen LogP) is 0.133. The molecule has 40 heteroatoms. The van der Waals surface area contributed by atoms with Crippen LogP contribution in [-0.2, 0) is 38.4 Å². The molecule has 0 spiro atoms. The van der Waals surface area contributed by atoms with Gasteiger partial charge in [-0.1, -0.05) is 0 Å². The summed E-state index contributed by atoms with van der Waals surface area (Å²) >= 11 is 0. The Morgan fingerprint density at radius 3 is 0.595 bits per heavy atom. The minimum absolute atomic E-state index is 0. The van der Waals surface area contributed by atoms with Gasteiger partial charge in [-0.25, -0.2) is 109 Å². The van der Waals surface area contributed by atoms with E-state index in [-0.39, 0.29) is 154 Å². The first-order valence-electron chi connectivity index (χ1n) is 40.9. The van der Waals surface area contributed by atoms with E-state index in [0.717, 1.165) is 19.4 Å². The lowest BCUT2D eigenvalue weighted by molar-refractivity contribution is -0.149. The molecule has 0 bridgehead atoms. The summed E-state index contributed by atoms with van der Waals surface area (Å²) < 4.78 is 0. The molecule has 0 radical (unpaired) electrons. The zero-order valence-electron chi connectivity index (χ0n) is 63.4. The van der Waals surface area contributed by atoms with E-state index in [0.29, 0.717) is 168 Å². The fourth-order valence-corrected chi connectivity index (χ4v) is 20.1. The predicted molar refractivity (Wildman–Crippen MR) is 390 cm³/mol. The third-order valence-electron chi connectivity index (χ3n) is 25.5. The molecule has 16 rings (SSSR count). The van der Waals surface area contributed by atoms with Crippen LogP contribution in [-0.4, -0.2) is 404 Å². The minimum atomic E-state index is -0.995. The van der Waals surface area contributed by atoms with Crippen molar-refractivity contribution in [3.8, 4) is 0 Å². The molecule has 39 nitrogen and oxygen atoms in total. The zero-order chi connectivity index (χ0) is 76.3. The Kier molecular flexibility index (Phi) is 22.6. The number of rotatable bonds is 8. The van der Waals surface area contributed by atoms with Crippen molar-refractivity contribution in [2.75, 3.05) is 157 Å². The monoisotopic (exact) mass is 1570 g/mol. The highest BCUT2D eigenvalue weighted by Gasteiger charge is 2.55. The van der Waals surface area contributed by atoms with Crippen LogP contribution in [0.5, 0.6) is 0 Å². The third-order valence-corrected chi connectivity index (χ3v) is 25.5. The zero-order valence-corrected chi connectivity index (χ0v) is 64.2. The van der Waals surface area contributed by atoms with Gasteiger partial charge in [0.15, 0.2) is 0 Å². The van der Waals surface area contributed by atoms with Crippen LogP contribution in [0.1, 0.15) is 154 Å². The van der Waals surface area contributed by atoms with Crippen LogP contribution in [0.3, 0.4) is 0 Å². The molecule has 0 unspecified atom stereocenters. The van der Waals surface area contributed by atoms with E-state index in [1.807, 2.05) is 0 Å². The molecule has 16 heterocycles. The van der Waals surface area contributed by atoms with Gasteiger partial charge in [-0.05, 0) is 161 Å². The van der Waals surface area contributed by atoms with E-state index in [1.165, 1.54) is 99.5 Å². The van der Waals surface area contributed by atoms with E-state index in [1.54, 1.807) is 9.91 Å². The molecule has 8 atom stereocenters. The number of likely N-dealkylation sites (tertiary alicyclic amines) is 7. The molecule has 608 valence electrons. The van der Waals surface area contributed by atoms with Gasteiger partial charge in [0.05, 0.1) is 6.04 Å². The van der Waals surface area contributed by atoms with Crippen LogP contribution < -0.4 is 10.7 Å². The molecule has 0 aromatic heterocycles. The van der Waals surface area contributed by atoms with Crippen molar-refractivity contribution >= 4 is 102 Å². The quantitative estimate of drug-likeness (QED) is 0.326. The fraction of sp³-hybridized carbons (Fsp3) is 0.789. The number of halogens is 1. The lowest BCUT2D eigenvalue weighted by Gasteiger charge is -2.40. The van der Waals surface area contributed by atoms with Crippen molar-refractivity contribution in [1.82, 2.24) is 120 Å². The van der Waals surface area contributed by atoms with Crippen molar-refractivity contribution in [2.24, 2.45) is 0 Å². The van der Waals surface area contributed by atoms with Gasteiger partial charge in [-0.2, -0.15) is 0 Å². The maximum absolute atomic E-state index is 15.0. The second kappa shape index (κ2) is 32.5. The van der Waals surface area contributed by atoms with Crippen LogP contribution in [0.2, 0.25) is 0 Å². The molecule has 22 amide bonds. The summed E-state index contributed by atoms with van der Waals surface area (Å²) in [4.78, 5) is 229. The van der Waals surface area contributed by atoms with Gasteiger partial charge in [0.2, 0.25) is 0 Å². The molecule has 0 saturated carbocycles. The van der Waals surface area contributed by atoms with Crippen LogP contribution in [0.15, 0.2) is 0 Å². The number of nitrogens with one attached hydrogen (secondary N) is 2. The topological polar surface area (TPSA) is 351 Å². The average molecular weight is 1570 g/mol. The summed E-state index contributed by atoms with van der Waals surface area (Å²) in [5, 5.41) is 24.3. The van der Waals surface area contributed by atoms with Crippen molar-refractivity contribution in [1.29, 1.82) is 0 Å². The second-order valence-electron chi connectivity index (χ2n) is 31.9. The standard InChI is InChI=1S/C71H106N24O15.ClH/c96-57(49-17-1-25-72-49)82-35-10-42-89(82)66(105)75-28-3-19-51(75)59(98)84-37-12-44-91(84)68(107)77-30-5-21-53(77)61(100)86-39-14-46-93(86)70(109)79-32-7-23-55(79)63(102)88-41-16-48-95(88)71(110)80-33-8-24-56(80)64(103)87-40-15-47-94(87)69(108)78-31-6-22-54(78)62(101)85-38-13-45-92(85)67(106)76-29-4-20-52(76)60(99)83-36-11-43-90(83)65(104)74-27-2-18-50(74)58(97)81-34-9-26-73-81;/h49-56,72-73H,1-48H2;1H/t49-,50-,51-,52-,53-,54-,55-,56-;/m0./s1. The summed E-state index contributed by atoms with van der Waals surface area (Å²) in [5.74, 6) is -3.00. The summed E-state index contributed by atoms with van der Waals surface area (Å²) in [6, 6.07) is -10.2. The SMILES string of the molecule is Cl.O=C([C@@H]1CCCN1C(=O)N1CCCN1C(=O)[C@@H]1CCCN1C(=O)N1CCCN1C(=O)[C@@H]1CCCN1C(=O)N1CCCN1C(=O)[C@@H]1CCCN1C(=O)N1CCCN1C(=O)[C@@H]1CCCN1C(=O)N1CCCN1C(=O)[C@@H]1CCCN1C(=O)N1CCCN1C(=O)[C@@H]1CCCN1C(=O)N1CCCN1C(=O)[C@@H]1CCCN1)N1CCCN1. The molecular formula is C71H107ClN24O15. The van der Waals surface area contributed by atoms with E-state index in [2.05, 4.69) is 10.7 Å². The van der Waals surface area contributed by atoms with E-state index in [4.69, 9.17) is 0 Å². The highest BCUT2D eigenvalue weighted by molar-refractivity contribution is 5.97. The average Bonchev–Trinajstić information content (AvgIpc) is 1.64. The number of hydrogen-bond donors (Lipinski definition) is 2. The molecule has 111 heavy (non-hydrogen) atoms. The molecule has 0 aromatic carbocycles. The largest absolute Gasteiger partial charge is 0.339 e.